The molecule has 1 aromatic rings. The number of halogens is 1. The van der Waals surface area contributed by atoms with Crippen LogP contribution >= 0.6 is 27.3 Å². The fraction of sp³-hybridized carbons (Fsp3) is 0.636. The zero-order chi connectivity index (χ0) is 11.3. The first-order valence-corrected chi connectivity index (χ1v) is 6.87. The SMILES string of the molecule is CC(C)CC(O)CNCc1cc(Br)cs1. The molecule has 1 atom stereocenters. The normalized spacial score (nSPS) is 13.4. The summed E-state index contributed by atoms with van der Waals surface area (Å²) in [6, 6.07) is 2.10. The standard InChI is InChI=1S/C11H18BrNOS/c1-8(2)3-10(14)5-13-6-11-4-9(12)7-15-11/h4,7-8,10,13-14H,3,5-6H2,1-2H3. The molecule has 1 aromatic heterocycles. The number of aliphatic hydroxyl groups excluding tert-OH is 1. The smallest absolute Gasteiger partial charge is 0.0667 e. The maximum absolute atomic E-state index is 9.63. The number of thiophene rings is 1. The highest BCUT2D eigenvalue weighted by Gasteiger charge is 2.06. The second-order valence-electron chi connectivity index (χ2n) is 4.15. The lowest BCUT2D eigenvalue weighted by Crippen LogP contribution is -2.27. The van der Waals surface area contributed by atoms with Gasteiger partial charge in [-0.25, -0.2) is 0 Å². The molecule has 1 heterocycles. The van der Waals surface area contributed by atoms with Gasteiger partial charge in [-0.05, 0) is 34.3 Å². The van der Waals surface area contributed by atoms with Crippen molar-refractivity contribution < 1.29 is 5.11 Å². The van der Waals surface area contributed by atoms with Gasteiger partial charge >= 0.3 is 0 Å². The third kappa shape index (κ3) is 5.66. The van der Waals surface area contributed by atoms with Crippen LogP contribution in [0.15, 0.2) is 15.9 Å². The molecule has 0 bridgehead atoms. The molecule has 0 radical (unpaired) electrons. The molecule has 0 aliphatic rings. The number of nitrogens with one attached hydrogen (secondary N) is 1. The Kier molecular flexibility index (Phi) is 5.82. The van der Waals surface area contributed by atoms with Crippen LogP contribution in [0, 0.1) is 5.92 Å². The van der Waals surface area contributed by atoms with Crippen LogP contribution in [0.4, 0.5) is 0 Å². The van der Waals surface area contributed by atoms with Gasteiger partial charge < -0.3 is 10.4 Å². The Morgan fingerprint density at radius 3 is 2.80 bits per heavy atom. The first kappa shape index (κ1) is 13.2. The topological polar surface area (TPSA) is 32.3 Å². The molecular formula is C11H18BrNOS. The highest BCUT2D eigenvalue weighted by Crippen LogP contribution is 2.19. The van der Waals surface area contributed by atoms with E-state index in [-0.39, 0.29) is 6.10 Å². The first-order chi connectivity index (χ1) is 7.08. The molecule has 1 rings (SSSR count). The predicted octanol–water partition coefficient (Wildman–Crippen LogP) is 3.01. The van der Waals surface area contributed by atoms with E-state index < -0.39 is 0 Å². The quantitative estimate of drug-likeness (QED) is 0.845. The Labute approximate surface area is 104 Å². The molecule has 2 nitrogen and oxygen atoms in total. The summed E-state index contributed by atoms with van der Waals surface area (Å²) in [5.74, 6) is 0.553. The Balaban J connectivity index is 2.16. The van der Waals surface area contributed by atoms with Gasteiger partial charge in [-0.3, -0.25) is 0 Å². The van der Waals surface area contributed by atoms with Crippen molar-refractivity contribution >= 4 is 27.3 Å². The third-order valence-electron chi connectivity index (χ3n) is 2.04. The van der Waals surface area contributed by atoms with Gasteiger partial charge in [0.05, 0.1) is 6.10 Å². The minimum atomic E-state index is -0.228. The lowest BCUT2D eigenvalue weighted by atomic mass is 10.1. The van der Waals surface area contributed by atoms with Crippen LogP contribution in [0.5, 0.6) is 0 Å². The van der Waals surface area contributed by atoms with E-state index in [0.29, 0.717) is 12.5 Å². The molecule has 0 aromatic carbocycles. The summed E-state index contributed by atoms with van der Waals surface area (Å²) in [6.45, 7) is 5.76. The molecule has 15 heavy (non-hydrogen) atoms. The van der Waals surface area contributed by atoms with Gasteiger partial charge in [0.1, 0.15) is 0 Å². The summed E-state index contributed by atoms with van der Waals surface area (Å²) >= 11 is 5.14. The van der Waals surface area contributed by atoms with Crippen LogP contribution in [0.3, 0.4) is 0 Å². The van der Waals surface area contributed by atoms with E-state index >= 15 is 0 Å². The molecule has 0 aliphatic heterocycles. The van der Waals surface area contributed by atoms with E-state index in [0.717, 1.165) is 17.4 Å². The Morgan fingerprint density at radius 2 is 2.27 bits per heavy atom. The van der Waals surface area contributed by atoms with Crippen molar-refractivity contribution in [2.75, 3.05) is 6.54 Å². The maximum atomic E-state index is 9.63. The Bertz CT molecular complexity index is 288. The summed E-state index contributed by atoms with van der Waals surface area (Å²) in [6.07, 6.45) is 0.634. The van der Waals surface area contributed by atoms with Crippen LogP contribution in [0.1, 0.15) is 25.1 Å². The Morgan fingerprint density at radius 1 is 1.53 bits per heavy atom. The van der Waals surface area contributed by atoms with Crippen LogP contribution < -0.4 is 5.32 Å². The molecule has 2 N–H and O–H groups in total. The molecule has 4 heteroatoms. The number of rotatable bonds is 6. The summed E-state index contributed by atoms with van der Waals surface area (Å²) in [5.41, 5.74) is 0. The van der Waals surface area contributed by atoms with Crippen molar-refractivity contribution in [3.05, 3.63) is 20.8 Å². The van der Waals surface area contributed by atoms with E-state index in [1.54, 1.807) is 11.3 Å². The van der Waals surface area contributed by atoms with Gasteiger partial charge in [0, 0.05) is 27.8 Å². The monoisotopic (exact) mass is 291 g/mol. The Hall–Kier alpha value is 0.1000. The summed E-state index contributed by atoms with van der Waals surface area (Å²) < 4.78 is 1.13. The van der Waals surface area contributed by atoms with Crippen molar-refractivity contribution in [1.29, 1.82) is 0 Å². The van der Waals surface area contributed by atoms with Crippen molar-refractivity contribution in [2.24, 2.45) is 5.92 Å². The second kappa shape index (κ2) is 6.63. The van der Waals surface area contributed by atoms with Crippen molar-refractivity contribution in [1.82, 2.24) is 5.32 Å². The van der Waals surface area contributed by atoms with Crippen molar-refractivity contribution in [3.8, 4) is 0 Å². The maximum Gasteiger partial charge on any atom is 0.0667 e. The van der Waals surface area contributed by atoms with Crippen LogP contribution in [-0.4, -0.2) is 17.8 Å². The fourth-order valence-corrected chi connectivity index (χ4v) is 2.86. The lowest BCUT2D eigenvalue weighted by Gasteiger charge is -2.13. The molecule has 0 saturated heterocycles. The zero-order valence-electron chi connectivity index (χ0n) is 9.16. The van der Waals surface area contributed by atoms with Gasteiger partial charge in [0.2, 0.25) is 0 Å². The zero-order valence-corrected chi connectivity index (χ0v) is 11.6. The summed E-state index contributed by atoms with van der Waals surface area (Å²) in [5, 5.41) is 15.0. The molecule has 86 valence electrons. The highest BCUT2D eigenvalue weighted by molar-refractivity contribution is 9.10. The molecular weight excluding hydrogens is 274 g/mol. The van der Waals surface area contributed by atoms with Gasteiger partial charge in [-0.2, -0.15) is 0 Å². The molecule has 0 amide bonds. The van der Waals surface area contributed by atoms with Gasteiger partial charge in [0.25, 0.3) is 0 Å². The van der Waals surface area contributed by atoms with Gasteiger partial charge in [-0.15, -0.1) is 11.3 Å². The fourth-order valence-electron chi connectivity index (χ4n) is 1.44. The van der Waals surface area contributed by atoms with Gasteiger partial charge in [-0.1, -0.05) is 13.8 Å². The average molecular weight is 292 g/mol. The predicted molar refractivity (Wildman–Crippen MR) is 69.2 cm³/mol. The van der Waals surface area contributed by atoms with E-state index in [9.17, 15) is 5.11 Å². The summed E-state index contributed by atoms with van der Waals surface area (Å²) in [4.78, 5) is 1.29. The first-order valence-electron chi connectivity index (χ1n) is 5.19. The van der Waals surface area contributed by atoms with Crippen LogP contribution in [0.2, 0.25) is 0 Å². The van der Waals surface area contributed by atoms with E-state index in [1.807, 2.05) is 0 Å². The minimum absolute atomic E-state index is 0.228. The number of hydrogen-bond donors (Lipinski definition) is 2. The molecule has 1 unspecified atom stereocenters. The van der Waals surface area contributed by atoms with Crippen molar-refractivity contribution in [2.45, 2.75) is 32.9 Å². The summed E-state index contributed by atoms with van der Waals surface area (Å²) in [7, 11) is 0. The average Bonchev–Trinajstić information content (AvgIpc) is 2.50. The second-order valence-corrected chi connectivity index (χ2v) is 6.06. The van der Waals surface area contributed by atoms with Crippen LogP contribution in [0.25, 0.3) is 0 Å². The highest BCUT2D eigenvalue weighted by atomic mass is 79.9. The van der Waals surface area contributed by atoms with Gasteiger partial charge in [0.15, 0.2) is 0 Å². The number of aliphatic hydroxyl groups is 1. The third-order valence-corrected chi connectivity index (χ3v) is 3.74. The minimum Gasteiger partial charge on any atom is -0.392 e. The van der Waals surface area contributed by atoms with Crippen LogP contribution in [-0.2, 0) is 6.54 Å². The molecule has 0 saturated carbocycles. The van der Waals surface area contributed by atoms with Crippen molar-refractivity contribution in [3.63, 3.8) is 0 Å². The largest absolute Gasteiger partial charge is 0.392 e. The molecule has 0 aliphatic carbocycles. The van der Waals surface area contributed by atoms with E-state index in [1.165, 1.54) is 4.88 Å². The number of hydrogen-bond acceptors (Lipinski definition) is 3. The molecule has 0 spiro atoms. The van der Waals surface area contributed by atoms with E-state index in [4.69, 9.17) is 0 Å². The van der Waals surface area contributed by atoms with E-state index in [2.05, 4.69) is 46.5 Å². The molecule has 0 fully saturated rings. The lowest BCUT2D eigenvalue weighted by molar-refractivity contribution is 0.146.